The predicted molar refractivity (Wildman–Crippen MR) is 87.6 cm³/mol. The molecule has 2 aromatic rings. The van der Waals surface area contributed by atoms with Gasteiger partial charge in [-0.25, -0.2) is 0 Å². The summed E-state index contributed by atoms with van der Waals surface area (Å²) in [5.74, 6) is 0.936. The Morgan fingerprint density at radius 1 is 1.20 bits per heavy atom. The molecule has 0 N–H and O–H groups in total. The molecule has 0 aliphatic carbocycles. The molecule has 0 aromatic heterocycles. The number of anilines is 2. The fraction of sp³-hybridized carbons (Fsp3) is 0.250. The van der Waals surface area contributed by atoms with Gasteiger partial charge in [0.2, 0.25) is 0 Å². The molecular weight excluding hydrogens is 338 g/mol. The SMILES string of the molecule is Clc1cc(N2CCCOc3ccccc32)ccc1CBr. The maximum absolute atomic E-state index is 6.33. The number of alkyl halides is 1. The lowest BCUT2D eigenvalue weighted by atomic mass is 10.2. The van der Waals surface area contributed by atoms with Crippen LogP contribution in [0.4, 0.5) is 11.4 Å². The maximum atomic E-state index is 6.33. The predicted octanol–water partition coefficient (Wildman–Crippen LogP) is 5.16. The Balaban J connectivity index is 2.03. The van der Waals surface area contributed by atoms with E-state index >= 15 is 0 Å². The van der Waals surface area contributed by atoms with Crippen molar-refractivity contribution in [3.63, 3.8) is 0 Å². The van der Waals surface area contributed by atoms with Gasteiger partial charge in [0.25, 0.3) is 0 Å². The van der Waals surface area contributed by atoms with Crippen LogP contribution in [0, 0.1) is 0 Å². The van der Waals surface area contributed by atoms with Gasteiger partial charge in [0.05, 0.1) is 12.3 Å². The third-order valence-electron chi connectivity index (χ3n) is 3.43. The van der Waals surface area contributed by atoms with Gasteiger partial charge in [-0.1, -0.05) is 45.7 Å². The van der Waals surface area contributed by atoms with Gasteiger partial charge >= 0.3 is 0 Å². The summed E-state index contributed by atoms with van der Waals surface area (Å²) in [6.45, 7) is 1.68. The lowest BCUT2D eigenvalue weighted by molar-refractivity contribution is 0.322. The minimum atomic E-state index is 0.751. The van der Waals surface area contributed by atoms with Crippen LogP contribution in [-0.2, 0) is 5.33 Å². The molecule has 1 aliphatic heterocycles. The highest BCUT2D eigenvalue weighted by Gasteiger charge is 2.17. The van der Waals surface area contributed by atoms with Crippen LogP contribution in [0.2, 0.25) is 5.02 Å². The fourth-order valence-corrected chi connectivity index (χ4v) is 3.30. The van der Waals surface area contributed by atoms with Crippen LogP contribution >= 0.6 is 27.5 Å². The van der Waals surface area contributed by atoms with Crippen LogP contribution in [0.15, 0.2) is 42.5 Å². The molecule has 0 radical (unpaired) electrons. The molecule has 0 saturated heterocycles. The summed E-state index contributed by atoms with van der Waals surface area (Å²) in [5.41, 5.74) is 3.32. The van der Waals surface area contributed by atoms with Crippen molar-refractivity contribution in [1.82, 2.24) is 0 Å². The highest BCUT2D eigenvalue weighted by atomic mass is 79.9. The highest BCUT2D eigenvalue weighted by Crippen LogP contribution is 2.37. The molecule has 0 fully saturated rings. The van der Waals surface area contributed by atoms with Gasteiger partial charge in [0, 0.05) is 22.6 Å². The van der Waals surface area contributed by atoms with E-state index < -0.39 is 0 Å². The first-order chi connectivity index (χ1) is 9.79. The molecule has 0 unspecified atom stereocenters. The topological polar surface area (TPSA) is 12.5 Å². The first-order valence-electron chi connectivity index (χ1n) is 6.63. The van der Waals surface area contributed by atoms with E-state index in [0.717, 1.165) is 52.6 Å². The molecule has 4 heteroatoms. The van der Waals surface area contributed by atoms with Crippen molar-refractivity contribution >= 4 is 38.9 Å². The molecule has 0 amide bonds. The Kier molecular flexibility index (Phi) is 4.18. The summed E-state index contributed by atoms with van der Waals surface area (Å²) in [6.07, 6.45) is 0.993. The van der Waals surface area contributed by atoms with Gasteiger partial charge in [-0.15, -0.1) is 0 Å². The zero-order chi connectivity index (χ0) is 13.9. The molecule has 1 aliphatic rings. The van der Waals surface area contributed by atoms with E-state index in [1.54, 1.807) is 0 Å². The number of hydrogen-bond acceptors (Lipinski definition) is 2. The van der Waals surface area contributed by atoms with Crippen molar-refractivity contribution in [1.29, 1.82) is 0 Å². The van der Waals surface area contributed by atoms with Gasteiger partial charge in [-0.2, -0.15) is 0 Å². The molecule has 104 valence electrons. The molecule has 0 atom stereocenters. The summed E-state index contributed by atoms with van der Waals surface area (Å²) in [6, 6.07) is 14.4. The van der Waals surface area contributed by atoms with Crippen molar-refractivity contribution < 1.29 is 4.74 Å². The number of hydrogen-bond donors (Lipinski definition) is 0. The molecule has 2 aromatic carbocycles. The van der Waals surface area contributed by atoms with Gasteiger partial charge < -0.3 is 9.64 Å². The Morgan fingerprint density at radius 2 is 2.05 bits per heavy atom. The number of fused-ring (bicyclic) bond motifs is 1. The standard InChI is InChI=1S/C16H15BrClNO/c17-11-12-6-7-13(10-14(12)18)19-8-3-9-20-16-5-2-1-4-15(16)19/h1-2,4-7,10H,3,8-9,11H2. The van der Waals surface area contributed by atoms with Crippen LogP contribution in [0.1, 0.15) is 12.0 Å². The zero-order valence-electron chi connectivity index (χ0n) is 11.0. The van der Waals surface area contributed by atoms with Crippen molar-refractivity contribution in [3.05, 3.63) is 53.1 Å². The van der Waals surface area contributed by atoms with Gasteiger partial charge in [0.1, 0.15) is 5.75 Å². The second kappa shape index (κ2) is 6.06. The van der Waals surface area contributed by atoms with E-state index in [4.69, 9.17) is 16.3 Å². The van der Waals surface area contributed by atoms with E-state index in [1.807, 2.05) is 24.3 Å². The first-order valence-corrected chi connectivity index (χ1v) is 8.13. The molecule has 0 bridgehead atoms. The van der Waals surface area contributed by atoms with E-state index in [1.165, 1.54) is 0 Å². The molecule has 2 nitrogen and oxygen atoms in total. The fourth-order valence-electron chi connectivity index (χ4n) is 2.41. The third kappa shape index (κ3) is 2.65. The number of halogens is 2. The minimum absolute atomic E-state index is 0.751. The zero-order valence-corrected chi connectivity index (χ0v) is 13.3. The van der Waals surface area contributed by atoms with Crippen LogP contribution in [0.3, 0.4) is 0 Å². The molecule has 20 heavy (non-hydrogen) atoms. The molecule has 0 spiro atoms. The van der Waals surface area contributed by atoms with E-state index in [0.29, 0.717) is 0 Å². The van der Waals surface area contributed by atoms with E-state index in [9.17, 15) is 0 Å². The molecule has 1 heterocycles. The average Bonchev–Trinajstić information content (AvgIpc) is 2.69. The average molecular weight is 353 g/mol. The van der Waals surface area contributed by atoms with Crippen LogP contribution in [0.25, 0.3) is 0 Å². The monoisotopic (exact) mass is 351 g/mol. The maximum Gasteiger partial charge on any atom is 0.142 e. The Hall–Kier alpha value is -1.19. The highest BCUT2D eigenvalue weighted by molar-refractivity contribution is 9.08. The Bertz CT molecular complexity index is 617. The van der Waals surface area contributed by atoms with E-state index in [-0.39, 0.29) is 0 Å². The summed E-state index contributed by atoms with van der Waals surface area (Å²) in [7, 11) is 0. The number of para-hydroxylation sites is 2. The first kappa shape index (κ1) is 13.8. The lowest BCUT2D eigenvalue weighted by Crippen LogP contribution is -2.17. The second-order valence-electron chi connectivity index (χ2n) is 4.73. The smallest absolute Gasteiger partial charge is 0.142 e. The second-order valence-corrected chi connectivity index (χ2v) is 5.70. The lowest BCUT2D eigenvalue weighted by Gasteiger charge is -2.24. The van der Waals surface area contributed by atoms with Gasteiger partial charge in [-0.3, -0.25) is 0 Å². The quantitative estimate of drug-likeness (QED) is 0.693. The largest absolute Gasteiger partial charge is 0.491 e. The molecule has 0 saturated carbocycles. The van der Waals surface area contributed by atoms with Crippen molar-refractivity contribution in [2.45, 2.75) is 11.8 Å². The third-order valence-corrected chi connectivity index (χ3v) is 4.39. The van der Waals surface area contributed by atoms with Crippen molar-refractivity contribution in [2.24, 2.45) is 0 Å². The molecular formula is C16H15BrClNO. The number of ether oxygens (including phenoxy) is 1. The van der Waals surface area contributed by atoms with Crippen LogP contribution in [0.5, 0.6) is 5.75 Å². The summed E-state index contributed by atoms with van der Waals surface area (Å²) in [4.78, 5) is 2.27. The van der Waals surface area contributed by atoms with Crippen LogP contribution < -0.4 is 9.64 Å². The summed E-state index contributed by atoms with van der Waals surface area (Å²) >= 11 is 9.78. The number of benzene rings is 2. The minimum Gasteiger partial charge on any atom is -0.491 e. The van der Waals surface area contributed by atoms with E-state index in [2.05, 4.69) is 39.0 Å². The summed E-state index contributed by atoms with van der Waals surface area (Å²) < 4.78 is 5.79. The van der Waals surface area contributed by atoms with Crippen molar-refractivity contribution in [2.75, 3.05) is 18.1 Å². The molecule has 3 rings (SSSR count). The van der Waals surface area contributed by atoms with Gasteiger partial charge in [0.15, 0.2) is 0 Å². The number of rotatable bonds is 2. The summed E-state index contributed by atoms with van der Waals surface area (Å²) in [5, 5.41) is 1.56. The Labute approximate surface area is 132 Å². The normalized spacial score (nSPS) is 14.4. The van der Waals surface area contributed by atoms with Gasteiger partial charge in [-0.05, 0) is 36.2 Å². The van der Waals surface area contributed by atoms with Crippen LogP contribution in [-0.4, -0.2) is 13.2 Å². The number of nitrogens with zero attached hydrogens (tertiary/aromatic N) is 1. The van der Waals surface area contributed by atoms with Crippen molar-refractivity contribution in [3.8, 4) is 5.75 Å². The Morgan fingerprint density at radius 3 is 2.85 bits per heavy atom.